The standard InChI is InChI=1S/C38H45BrClN3O7/c1-6-9-15-29(45)41(5)23(4)32(24-13-11-10-12-14-24)49-37(48)30-31-35(46)43(26(8-3)22-44)34(38(31)21-28(39)33(30)50-38)36(47)42(20-7-2)27-18-16-25(40)17-19-27/h6-7,10-14,16-19,23,26,28,30-34,44H,1-2,8-9,15,20-22H2,3-5H3/t23-,26-,28?,30-,31+,32+,33-,34-,38+/m0/s1. The third-order valence-corrected chi connectivity index (χ3v) is 11.5. The van der Waals surface area contributed by atoms with E-state index in [4.69, 9.17) is 21.1 Å². The van der Waals surface area contributed by atoms with Gasteiger partial charge in [-0.15, -0.1) is 13.2 Å². The molecule has 3 heterocycles. The average molecular weight is 771 g/mol. The number of esters is 1. The Morgan fingerprint density at radius 3 is 2.44 bits per heavy atom. The molecule has 5 rings (SSSR count). The van der Waals surface area contributed by atoms with Crippen LogP contribution in [0.1, 0.15) is 51.2 Å². The zero-order valence-corrected chi connectivity index (χ0v) is 31.0. The van der Waals surface area contributed by atoms with Crippen LogP contribution in [-0.2, 0) is 28.7 Å². The predicted molar refractivity (Wildman–Crippen MR) is 195 cm³/mol. The van der Waals surface area contributed by atoms with E-state index in [0.717, 1.165) is 0 Å². The van der Waals surface area contributed by atoms with Crippen molar-refractivity contribution in [1.82, 2.24) is 9.80 Å². The SMILES string of the molecule is C=CCCC(=O)N(C)[C@@H](C)[C@@H](OC(=O)[C@@H]1[C@H]2O[C@@]3(CC2Br)[C@H](C(=O)N(CC=C)c2ccc(Cl)cc2)N([C@@H](CC)CO)C(=O)[C@@H]13)c1ccccc1. The molecule has 1 spiro atoms. The predicted octanol–water partition coefficient (Wildman–Crippen LogP) is 5.48. The number of aliphatic hydroxyl groups is 1. The molecular weight excluding hydrogens is 726 g/mol. The highest BCUT2D eigenvalue weighted by atomic mass is 79.9. The van der Waals surface area contributed by atoms with E-state index in [1.54, 1.807) is 48.4 Å². The third-order valence-electron chi connectivity index (χ3n) is 10.4. The van der Waals surface area contributed by atoms with Gasteiger partial charge in [0.05, 0.1) is 36.6 Å². The van der Waals surface area contributed by atoms with Gasteiger partial charge in [-0.05, 0) is 56.0 Å². The molecule has 3 fully saturated rings. The fourth-order valence-electron chi connectivity index (χ4n) is 7.77. The van der Waals surface area contributed by atoms with Crippen LogP contribution in [0.15, 0.2) is 79.9 Å². The molecule has 50 heavy (non-hydrogen) atoms. The number of benzene rings is 2. The summed E-state index contributed by atoms with van der Waals surface area (Å²) in [4.78, 5) is 61.2. The summed E-state index contributed by atoms with van der Waals surface area (Å²) in [5, 5.41) is 11.0. The lowest BCUT2D eigenvalue weighted by Crippen LogP contribution is -2.59. The van der Waals surface area contributed by atoms with Crippen LogP contribution in [0.2, 0.25) is 5.02 Å². The maximum Gasteiger partial charge on any atom is 0.313 e. The molecular formula is C38H45BrClN3O7. The highest BCUT2D eigenvalue weighted by molar-refractivity contribution is 9.09. The van der Waals surface area contributed by atoms with E-state index in [1.807, 2.05) is 44.2 Å². The molecule has 10 nitrogen and oxygen atoms in total. The summed E-state index contributed by atoms with van der Waals surface area (Å²) in [5.41, 5.74) is -0.141. The lowest BCUT2D eigenvalue weighted by atomic mass is 9.70. The number of amides is 3. The quantitative estimate of drug-likeness (QED) is 0.145. The number of likely N-dealkylation sites (tertiary alicyclic amines) is 1. The fraction of sp³-hybridized carbons (Fsp3) is 0.474. The first-order valence-corrected chi connectivity index (χ1v) is 18.3. The molecule has 2 aromatic carbocycles. The highest BCUT2D eigenvalue weighted by Gasteiger charge is 2.77. The van der Waals surface area contributed by atoms with E-state index in [9.17, 15) is 24.3 Å². The van der Waals surface area contributed by atoms with Gasteiger partial charge in [-0.3, -0.25) is 19.2 Å². The lowest BCUT2D eigenvalue weighted by Gasteiger charge is -2.39. The number of aliphatic hydroxyl groups excluding tert-OH is 1. The summed E-state index contributed by atoms with van der Waals surface area (Å²) < 4.78 is 13.0. The molecule has 0 aromatic heterocycles. The van der Waals surface area contributed by atoms with Crippen LogP contribution in [0.4, 0.5) is 5.69 Å². The Kier molecular flexibility index (Phi) is 11.9. The first kappa shape index (κ1) is 37.7. The van der Waals surface area contributed by atoms with Crippen LogP contribution >= 0.6 is 27.5 Å². The molecule has 3 amide bonds. The minimum absolute atomic E-state index is 0.126. The largest absolute Gasteiger partial charge is 0.455 e. The number of rotatable bonds is 15. The normalized spacial score (nSPS) is 26.9. The van der Waals surface area contributed by atoms with E-state index in [1.165, 1.54) is 9.80 Å². The number of ether oxygens (including phenoxy) is 2. The second-order valence-electron chi connectivity index (χ2n) is 13.2. The Balaban J connectivity index is 1.54. The first-order valence-electron chi connectivity index (χ1n) is 17.0. The summed E-state index contributed by atoms with van der Waals surface area (Å²) in [6, 6.07) is 13.6. The zero-order valence-electron chi connectivity index (χ0n) is 28.6. The monoisotopic (exact) mass is 769 g/mol. The Labute approximate surface area is 307 Å². The van der Waals surface area contributed by atoms with Gasteiger partial charge < -0.3 is 29.3 Å². The number of allylic oxidation sites excluding steroid dienone is 1. The minimum Gasteiger partial charge on any atom is -0.455 e. The van der Waals surface area contributed by atoms with Gasteiger partial charge in [-0.25, -0.2) is 0 Å². The Morgan fingerprint density at radius 1 is 1.16 bits per heavy atom. The first-order chi connectivity index (χ1) is 23.9. The van der Waals surface area contributed by atoms with Gasteiger partial charge in [0.2, 0.25) is 11.8 Å². The zero-order chi connectivity index (χ0) is 36.3. The van der Waals surface area contributed by atoms with Crippen molar-refractivity contribution >= 4 is 56.9 Å². The van der Waals surface area contributed by atoms with Crippen LogP contribution in [0.3, 0.4) is 0 Å². The molecule has 3 aliphatic heterocycles. The summed E-state index contributed by atoms with van der Waals surface area (Å²) in [6.45, 7) is 11.0. The number of hydrogen-bond acceptors (Lipinski definition) is 7. The second-order valence-corrected chi connectivity index (χ2v) is 14.8. The Morgan fingerprint density at radius 2 is 1.84 bits per heavy atom. The van der Waals surface area contributed by atoms with Crippen molar-refractivity contribution in [2.75, 3.05) is 25.1 Å². The van der Waals surface area contributed by atoms with Gasteiger partial charge in [0.1, 0.15) is 17.7 Å². The fourth-order valence-corrected chi connectivity index (χ4v) is 8.84. The summed E-state index contributed by atoms with van der Waals surface area (Å²) >= 11 is 9.88. The molecule has 268 valence electrons. The number of anilines is 1. The number of carbonyl (C=O) groups is 4. The molecule has 2 bridgehead atoms. The number of halogens is 2. The maximum absolute atomic E-state index is 14.8. The van der Waals surface area contributed by atoms with Gasteiger partial charge >= 0.3 is 5.97 Å². The number of fused-ring (bicyclic) bond motifs is 1. The number of alkyl halides is 1. The van der Waals surface area contributed by atoms with Gasteiger partial charge in [0, 0.05) is 35.6 Å². The molecule has 0 radical (unpaired) electrons. The third kappa shape index (κ3) is 6.77. The number of hydrogen-bond donors (Lipinski definition) is 1. The van der Waals surface area contributed by atoms with Crippen LogP contribution in [0, 0.1) is 11.8 Å². The smallest absolute Gasteiger partial charge is 0.313 e. The van der Waals surface area contributed by atoms with E-state index < -0.39 is 65.6 Å². The van der Waals surface area contributed by atoms with Gasteiger partial charge in [0.25, 0.3) is 5.91 Å². The van der Waals surface area contributed by atoms with Crippen molar-refractivity contribution in [2.24, 2.45) is 11.8 Å². The van der Waals surface area contributed by atoms with Crippen molar-refractivity contribution in [3.05, 3.63) is 90.5 Å². The van der Waals surface area contributed by atoms with E-state index in [0.29, 0.717) is 29.1 Å². The molecule has 3 aliphatic rings. The summed E-state index contributed by atoms with van der Waals surface area (Å²) in [5.74, 6) is -3.74. The van der Waals surface area contributed by atoms with Crippen molar-refractivity contribution in [2.45, 2.75) is 80.3 Å². The van der Waals surface area contributed by atoms with Gasteiger partial charge in [-0.1, -0.05) is 76.9 Å². The highest BCUT2D eigenvalue weighted by Crippen LogP contribution is 2.61. The van der Waals surface area contributed by atoms with E-state index in [2.05, 4.69) is 29.1 Å². The van der Waals surface area contributed by atoms with Crippen LogP contribution in [0.25, 0.3) is 0 Å². The van der Waals surface area contributed by atoms with Crippen LogP contribution < -0.4 is 4.90 Å². The number of carbonyl (C=O) groups excluding carboxylic acids is 4. The topological polar surface area (TPSA) is 117 Å². The molecule has 12 heteroatoms. The average Bonchev–Trinajstić information content (AvgIpc) is 3.72. The van der Waals surface area contributed by atoms with Crippen LogP contribution in [-0.4, -0.2) is 93.5 Å². The molecule has 3 saturated heterocycles. The summed E-state index contributed by atoms with van der Waals surface area (Å²) in [7, 11) is 1.67. The lowest BCUT2D eigenvalue weighted by molar-refractivity contribution is -0.165. The Bertz CT molecular complexity index is 1590. The minimum atomic E-state index is -1.38. The summed E-state index contributed by atoms with van der Waals surface area (Å²) in [6.07, 6.45) is 3.08. The van der Waals surface area contributed by atoms with E-state index >= 15 is 0 Å². The molecule has 1 unspecified atom stereocenters. The van der Waals surface area contributed by atoms with Crippen molar-refractivity contribution in [1.29, 1.82) is 0 Å². The molecule has 9 atom stereocenters. The molecule has 0 aliphatic carbocycles. The van der Waals surface area contributed by atoms with Crippen molar-refractivity contribution in [3.8, 4) is 0 Å². The van der Waals surface area contributed by atoms with Gasteiger partial charge in [0.15, 0.2) is 0 Å². The molecule has 2 aromatic rings. The maximum atomic E-state index is 14.8. The van der Waals surface area contributed by atoms with E-state index in [-0.39, 0.29) is 36.7 Å². The molecule has 1 N–H and O–H groups in total. The second kappa shape index (κ2) is 15.8. The van der Waals surface area contributed by atoms with Crippen LogP contribution in [0.5, 0.6) is 0 Å². The van der Waals surface area contributed by atoms with Crippen molar-refractivity contribution < 1.29 is 33.8 Å². The number of likely N-dealkylation sites (N-methyl/N-ethyl adjacent to an activating group) is 1. The molecule has 0 saturated carbocycles. The Hall–Kier alpha value is -3.51. The van der Waals surface area contributed by atoms with Gasteiger partial charge in [-0.2, -0.15) is 0 Å². The number of nitrogens with zero attached hydrogens (tertiary/aromatic N) is 3. The van der Waals surface area contributed by atoms with Crippen molar-refractivity contribution in [3.63, 3.8) is 0 Å².